The smallest absolute Gasteiger partial charge is 0.242 e. The third-order valence-electron chi connectivity index (χ3n) is 2.51. The summed E-state index contributed by atoms with van der Waals surface area (Å²) in [7, 11) is 0. The Bertz CT molecular complexity index is 402. The second-order valence-corrected chi connectivity index (χ2v) is 4.83. The molecule has 7 nitrogen and oxygen atoms in total. The van der Waals surface area contributed by atoms with E-state index in [1.807, 2.05) is 13.8 Å². The van der Waals surface area contributed by atoms with Gasteiger partial charge < -0.3 is 10.6 Å². The third-order valence-corrected chi connectivity index (χ3v) is 2.51. The predicted molar refractivity (Wildman–Crippen MR) is 70.1 cm³/mol. The van der Waals surface area contributed by atoms with E-state index in [1.54, 1.807) is 11.0 Å². The van der Waals surface area contributed by atoms with Crippen molar-refractivity contribution in [1.82, 2.24) is 25.4 Å². The van der Waals surface area contributed by atoms with Gasteiger partial charge in [0.1, 0.15) is 18.7 Å². The number of hydrogen-bond acceptors (Lipinski definition) is 4. The Balaban J connectivity index is 2.40. The van der Waals surface area contributed by atoms with E-state index in [0.717, 1.165) is 0 Å². The summed E-state index contributed by atoms with van der Waals surface area (Å²) in [6, 6.07) is -0.478. The van der Waals surface area contributed by atoms with Gasteiger partial charge >= 0.3 is 0 Å². The first-order chi connectivity index (χ1) is 8.99. The van der Waals surface area contributed by atoms with Gasteiger partial charge in [0.2, 0.25) is 11.8 Å². The maximum Gasteiger partial charge on any atom is 0.242 e. The molecule has 0 aliphatic carbocycles. The number of amides is 2. The second-order valence-electron chi connectivity index (χ2n) is 4.83. The summed E-state index contributed by atoms with van der Waals surface area (Å²) >= 11 is 0. The van der Waals surface area contributed by atoms with Gasteiger partial charge in [-0.05, 0) is 12.3 Å². The van der Waals surface area contributed by atoms with Crippen LogP contribution in [0.25, 0.3) is 0 Å². The summed E-state index contributed by atoms with van der Waals surface area (Å²) in [5, 5.41) is 9.40. The number of carbonyl (C=O) groups is 2. The Hall–Kier alpha value is -1.92. The molecule has 0 radical (unpaired) electrons. The van der Waals surface area contributed by atoms with E-state index in [9.17, 15) is 9.59 Å². The average Bonchev–Trinajstić information content (AvgIpc) is 2.79. The molecule has 0 bridgehead atoms. The molecule has 0 aliphatic heterocycles. The molecular formula is C12H21N5O2. The van der Waals surface area contributed by atoms with Gasteiger partial charge in [-0.3, -0.25) is 14.3 Å². The molecule has 1 atom stereocenters. The van der Waals surface area contributed by atoms with E-state index in [0.29, 0.717) is 25.4 Å². The highest BCUT2D eigenvalue weighted by Crippen LogP contribution is 2.04. The van der Waals surface area contributed by atoms with Crippen molar-refractivity contribution < 1.29 is 9.59 Å². The molecule has 2 amide bonds. The van der Waals surface area contributed by atoms with Gasteiger partial charge in [-0.1, -0.05) is 13.8 Å². The highest BCUT2D eigenvalue weighted by atomic mass is 16.2. The highest BCUT2D eigenvalue weighted by Gasteiger charge is 2.19. The van der Waals surface area contributed by atoms with Crippen LogP contribution in [0.15, 0.2) is 12.7 Å². The largest absolute Gasteiger partial charge is 0.352 e. The first-order valence-electron chi connectivity index (χ1n) is 6.36. The molecule has 0 fully saturated rings. The number of nitrogens with one attached hydrogen (secondary N) is 2. The van der Waals surface area contributed by atoms with Crippen LogP contribution in [-0.2, 0) is 16.1 Å². The summed E-state index contributed by atoms with van der Waals surface area (Å²) in [5.41, 5.74) is 0. The number of nitrogens with zero attached hydrogens (tertiary/aromatic N) is 3. The van der Waals surface area contributed by atoms with Gasteiger partial charge in [0.15, 0.2) is 0 Å². The van der Waals surface area contributed by atoms with Crippen LogP contribution in [0.2, 0.25) is 0 Å². The molecule has 19 heavy (non-hydrogen) atoms. The van der Waals surface area contributed by atoms with Crippen LogP contribution in [-0.4, -0.2) is 39.2 Å². The zero-order chi connectivity index (χ0) is 14.3. The molecule has 1 aromatic heterocycles. The summed E-state index contributed by atoms with van der Waals surface area (Å²) in [4.78, 5) is 26.9. The molecule has 1 aromatic rings. The monoisotopic (exact) mass is 267 g/mol. The standard InChI is InChI=1S/C12H21N5O2/c1-9(2)6-11(16-10(3)18)12(19)14-4-5-17-8-13-7-15-17/h7-9,11H,4-6H2,1-3H3,(H,14,19)(H,16,18)/t11-/m0/s1. The Labute approximate surface area is 112 Å². The van der Waals surface area contributed by atoms with Gasteiger partial charge in [0, 0.05) is 13.5 Å². The van der Waals surface area contributed by atoms with Crippen molar-refractivity contribution in [1.29, 1.82) is 0 Å². The van der Waals surface area contributed by atoms with Gasteiger partial charge in [0.25, 0.3) is 0 Å². The van der Waals surface area contributed by atoms with Crippen LogP contribution < -0.4 is 10.6 Å². The molecule has 7 heteroatoms. The van der Waals surface area contributed by atoms with Gasteiger partial charge in [-0.15, -0.1) is 0 Å². The summed E-state index contributed by atoms with van der Waals surface area (Å²) in [5.74, 6) is -0.0287. The maximum absolute atomic E-state index is 12.0. The van der Waals surface area contributed by atoms with Crippen molar-refractivity contribution in [2.45, 2.75) is 39.8 Å². The minimum Gasteiger partial charge on any atom is -0.352 e. The lowest BCUT2D eigenvalue weighted by atomic mass is 10.0. The Morgan fingerprint density at radius 3 is 2.63 bits per heavy atom. The van der Waals surface area contributed by atoms with E-state index in [-0.39, 0.29) is 11.8 Å². The van der Waals surface area contributed by atoms with Crippen molar-refractivity contribution >= 4 is 11.8 Å². The maximum atomic E-state index is 12.0. The van der Waals surface area contributed by atoms with Gasteiger partial charge in [0.05, 0.1) is 6.54 Å². The SMILES string of the molecule is CC(=O)N[C@@H](CC(C)C)C(=O)NCCn1cncn1. The van der Waals surface area contributed by atoms with E-state index >= 15 is 0 Å². The van der Waals surface area contributed by atoms with Crippen molar-refractivity contribution in [2.75, 3.05) is 6.54 Å². The minimum atomic E-state index is -0.478. The van der Waals surface area contributed by atoms with Crippen molar-refractivity contribution in [3.8, 4) is 0 Å². The zero-order valence-electron chi connectivity index (χ0n) is 11.6. The molecule has 0 aliphatic rings. The van der Waals surface area contributed by atoms with Crippen molar-refractivity contribution in [2.24, 2.45) is 5.92 Å². The average molecular weight is 267 g/mol. The summed E-state index contributed by atoms with van der Waals surface area (Å²) in [6.07, 6.45) is 3.65. The molecule has 0 spiro atoms. The lowest BCUT2D eigenvalue weighted by Gasteiger charge is -2.19. The first kappa shape index (κ1) is 15.1. The normalized spacial score (nSPS) is 12.2. The predicted octanol–water partition coefficient (Wildman–Crippen LogP) is -0.0549. The van der Waals surface area contributed by atoms with Crippen LogP contribution in [0, 0.1) is 5.92 Å². The third kappa shape index (κ3) is 5.98. The van der Waals surface area contributed by atoms with Crippen LogP contribution in [0.3, 0.4) is 0 Å². The topological polar surface area (TPSA) is 88.9 Å². The van der Waals surface area contributed by atoms with Crippen molar-refractivity contribution in [3.63, 3.8) is 0 Å². The second kappa shape index (κ2) is 7.50. The first-order valence-corrected chi connectivity index (χ1v) is 6.36. The van der Waals surface area contributed by atoms with Crippen LogP contribution in [0.1, 0.15) is 27.2 Å². The number of aromatic nitrogens is 3. The minimum absolute atomic E-state index is 0.163. The van der Waals surface area contributed by atoms with E-state index in [4.69, 9.17) is 0 Å². The molecule has 0 saturated heterocycles. The number of hydrogen-bond donors (Lipinski definition) is 2. The Kier molecular flexibility index (Phi) is 5.98. The van der Waals surface area contributed by atoms with Crippen molar-refractivity contribution in [3.05, 3.63) is 12.7 Å². The molecular weight excluding hydrogens is 246 g/mol. The molecule has 1 rings (SSSR count). The van der Waals surface area contributed by atoms with E-state index in [2.05, 4.69) is 20.7 Å². The molecule has 2 N–H and O–H groups in total. The summed E-state index contributed by atoms with van der Waals surface area (Å²) in [6.45, 7) is 6.45. The number of rotatable bonds is 7. The summed E-state index contributed by atoms with van der Waals surface area (Å²) < 4.78 is 1.64. The molecule has 1 heterocycles. The van der Waals surface area contributed by atoms with E-state index < -0.39 is 6.04 Å². The van der Waals surface area contributed by atoms with Gasteiger partial charge in [-0.25, -0.2) is 4.98 Å². The fourth-order valence-electron chi connectivity index (χ4n) is 1.71. The number of carbonyl (C=O) groups excluding carboxylic acids is 2. The van der Waals surface area contributed by atoms with E-state index in [1.165, 1.54) is 13.3 Å². The Morgan fingerprint density at radius 2 is 2.11 bits per heavy atom. The Morgan fingerprint density at radius 1 is 1.37 bits per heavy atom. The zero-order valence-corrected chi connectivity index (χ0v) is 11.6. The fraction of sp³-hybridized carbons (Fsp3) is 0.667. The fourth-order valence-corrected chi connectivity index (χ4v) is 1.71. The van der Waals surface area contributed by atoms with Crippen LogP contribution in [0.5, 0.6) is 0 Å². The molecule has 0 saturated carbocycles. The van der Waals surface area contributed by atoms with Crippen LogP contribution >= 0.6 is 0 Å². The lowest BCUT2D eigenvalue weighted by molar-refractivity contribution is -0.128. The molecule has 0 unspecified atom stereocenters. The molecule has 106 valence electrons. The van der Waals surface area contributed by atoms with Gasteiger partial charge in [-0.2, -0.15) is 5.10 Å². The van der Waals surface area contributed by atoms with Crippen LogP contribution in [0.4, 0.5) is 0 Å². The highest BCUT2D eigenvalue weighted by molar-refractivity contribution is 5.86. The quantitative estimate of drug-likeness (QED) is 0.724. The lowest BCUT2D eigenvalue weighted by Crippen LogP contribution is -2.47. The molecule has 0 aromatic carbocycles.